The lowest BCUT2D eigenvalue weighted by Gasteiger charge is -2.12. The Labute approximate surface area is 136 Å². The zero-order valence-corrected chi connectivity index (χ0v) is 13.5. The highest BCUT2D eigenvalue weighted by Crippen LogP contribution is 2.05. The first-order valence-corrected chi connectivity index (χ1v) is 7.43. The van der Waals surface area contributed by atoms with Gasteiger partial charge in [0.25, 0.3) is 0 Å². The molecule has 1 atom stereocenters. The van der Waals surface area contributed by atoms with Crippen molar-refractivity contribution in [2.45, 2.75) is 12.5 Å². The van der Waals surface area contributed by atoms with Crippen molar-refractivity contribution in [1.82, 2.24) is 5.32 Å². The molecule has 0 heterocycles. The SMILES string of the molecule is COCCOCOCCNC(=O)[C@H](Cc1ccccc1)N=S. The van der Waals surface area contributed by atoms with Crippen LogP contribution >= 0.6 is 0 Å². The molecule has 0 unspecified atom stereocenters. The van der Waals surface area contributed by atoms with E-state index in [0.717, 1.165) is 5.56 Å². The number of rotatable bonds is 12. The molecule has 0 fully saturated rings. The number of carbonyl (C=O) groups excluding carboxylic acids is 1. The molecule has 0 aliphatic rings. The number of ether oxygens (including phenoxy) is 3. The van der Waals surface area contributed by atoms with Crippen LogP contribution in [0.5, 0.6) is 0 Å². The zero-order chi connectivity index (χ0) is 16.0. The summed E-state index contributed by atoms with van der Waals surface area (Å²) in [6, 6.07) is 9.10. The van der Waals surface area contributed by atoms with Gasteiger partial charge in [-0.15, -0.1) is 0 Å². The van der Waals surface area contributed by atoms with Gasteiger partial charge in [0.2, 0.25) is 5.91 Å². The van der Waals surface area contributed by atoms with E-state index in [1.165, 1.54) is 0 Å². The van der Waals surface area contributed by atoms with Crippen LogP contribution in [0.4, 0.5) is 0 Å². The first-order chi connectivity index (χ1) is 10.8. The number of carbonyl (C=O) groups is 1. The molecule has 1 rings (SSSR count). The van der Waals surface area contributed by atoms with Gasteiger partial charge in [0.05, 0.1) is 19.8 Å². The predicted octanol–water partition coefficient (Wildman–Crippen LogP) is 1.08. The lowest BCUT2D eigenvalue weighted by Crippen LogP contribution is -2.36. The number of nitrogens with one attached hydrogen (secondary N) is 1. The fraction of sp³-hybridized carbons (Fsp3) is 0.533. The van der Waals surface area contributed by atoms with Crippen molar-refractivity contribution in [3.05, 3.63) is 35.9 Å². The second-order valence-corrected chi connectivity index (χ2v) is 4.74. The van der Waals surface area contributed by atoms with Gasteiger partial charge in [-0.3, -0.25) is 4.79 Å². The van der Waals surface area contributed by atoms with Crippen molar-refractivity contribution in [3.63, 3.8) is 0 Å². The van der Waals surface area contributed by atoms with Crippen LogP contribution in [-0.2, 0) is 37.9 Å². The largest absolute Gasteiger partial charge is 0.382 e. The van der Waals surface area contributed by atoms with Gasteiger partial charge in [0, 0.05) is 32.5 Å². The Balaban J connectivity index is 2.16. The first-order valence-electron chi connectivity index (χ1n) is 7.06. The maximum atomic E-state index is 12.0. The third kappa shape index (κ3) is 8.14. The van der Waals surface area contributed by atoms with Gasteiger partial charge in [-0.1, -0.05) is 30.3 Å². The molecule has 1 aromatic carbocycles. The second-order valence-electron chi connectivity index (χ2n) is 4.53. The van der Waals surface area contributed by atoms with Gasteiger partial charge in [-0.25, -0.2) is 4.36 Å². The number of hydrogen-bond acceptors (Lipinski definition) is 6. The highest BCUT2D eigenvalue weighted by atomic mass is 32.1. The summed E-state index contributed by atoms with van der Waals surface area (Å²) in [7, 11) is 1.61. The van der Waals surface area contributed by atoms with Crippen LogP contribution in [0.3, 0.4) is 0 Å². The Morgan fingerprint density at radius 1 is 1.23 bits per heavy atom. The molecule has 122 valence electrons. The van der Waals surface area contributed by atoms with Crippen molar-refractivity contribution in [2.75, 3.05) is 40.3 Å². The molecular formula is C15H22N2O4S. The summed E-state index contributed by atoms with van der Waals surface area (Å²) < 4.78 is 18.9. The summed E-state index contributed by atoms with van der Waals surface area (Å²) in [5.74, 6) is -0.192. The van der Waals surface area contributed by atoms with Crippen LogP contribution in [-0.4, -0.2) is 52.2 Å². The van der Waals surface area contributed by atoms with Crippen molar-refractivity contribution < 1.29 is 19.0 Å². The fourth-order valence-electron chi connectivity index (χ4n) is 1.70. The molecule has 0 spiro atoms. The monoisotopic (exact) mass is 326 g/mol. The van der Waals surface area contributed by atoms with Gasteiger partial charge in [0.15, 0.2) is 0 Å². The molecule has 0 aliphatic carbocycles. The number of benzene rings is 1. The summed E-state index contributed by atoms with van der Waals surface area (Å²) in [5, 5.41) is 2.75. The minimum atomic E-state index is -0.560. The third-order valence-corrected chi connectivity index (χ3v) is 3.10. The average Bonchev–Trinajstić information content (AvgIpc) is 2.55. The van der Waals surface area contributed by atoms with Gasteiger partial charge < -0.3 is 19.5 Å². The Hall–Kier alpha value is -1.41. The minimum Gasteiger partial charge on any atom is -0.382 e. The Bertz CT molecular complexity index is 431. The summed E-state index contributed by atoms with van der Waals surface area (Å²) in [4.78, 5) is 12.0. The Kier molecular flexibility index (Phi) is 10.3. The van der Waals surface area contributed by atoms with E-state index in [0.29, 0.717) is 32.8 Å². The molecule has 1 N–H and O–H groups in total. The fourth-order valence-corrected chi connectivity index (χ4v) is 1.87. The van der Waals surface area contributed by atoms with Gasteiger partial charge in [-0.2, -0.15) is 0 Å². The Morgan fingerprint density at radius 3 is 2.64 bits per heavy atom. The highest BCUT2D eigenvalue weighted by molar-refractivity contribution is 7.47. The quantitative estimate of drug-likeness (QED) is 0.460. The lowest BCUT2D eigenvalue weighted by atomic mass is 10.1. The van der Waals surface area contributed by atoms with Gasteiger partial charge >= 0.3 is 0 Å². The summed E-state index contributed by atoms with van der Waals surface area (Å²) >= 11 is 4.71. The molecule has 0 radical (unpaired) electrons. The molecule has 0 aliphatic heterocycles. The number of methoxy groups -OCH3 is 1. The minimum absolute atomic E-state index is 0.179. The molecule has 0 bridgehead atoms. The molecule has 22 heavy (non-hydrogen) atoms. The third-order valence-electron chi connectivity index (χ3n) is 2.85. The molecule has 0 aromatic heterocycles. The van der Waals surface area contributed by atoms with Crippen LogP contribution in [0.1, 0.15) is 5.56 Å². The average molecular weight is 326 g/mol. The number of hydrogen-bond donors (Lipinski definition) is 1. The van der Waals surface area contributed by atoms with E-state index in [1.807, 2.05) is 30.3 Å². The standard InChI is InChI=1S/C15H22N2O4S/c1-19-9-10-21-12-20-8-7-16-15(18)14(17-22)11-13-5-3-2-4-6-13/h2-6,14H,7-12H2,1H3,(H,16,18)/t14-/m0/s1. The second kappa shape index (κ2) is 12.2. The van der Waals surface area contributed by atoms with Gasteiger partial charge in [-0.05, 0) is 5.56 Å². The van der Waals surface area contributed by atoms with Crippen LogP contribution in [0, 0.1) is 0 Å². The first kappa shape index (κ1) is 18.6. The molecular weight excluding hydrogens is 304 g/mol. The molecule has 7 heteroatoms. The van der Waals surface area contributed by atoms with Crippen LogP contribution < -0.4 is 5.32 Å². The highest BCUT2D eigenvalue weighted by Gasteiger charge is 2.17. The van der Waals surface area contributed by atoms with Crippen LogP contribution in [0.25, 0.3) is 0 Å². The lowest BCUT2D eigenvalue weighted by molar-refractivity contribution is -0.123. The summed E-state index contributed by atoms with van der Waals surface area (Å²) in [6.07, 6.45) is 0.497. The maximum absolute atomic E-state index is 12.0. The van der Waals surface area contributed by atoms with E-state index in [1.54, 1.807) is 7.11 Å². The summed E-state index contributed by atoms with van der Waals surface area (Å²) in [6.45, 7) is 1.95. The topological polar surface area (TPSA) is 69.2 Å². The van der Waals surface area contributed by atoms with Crippen molar-refractivity contribution in [3.8, 4) is 0 Å². The Morgan fingerprint density at radius 2 is 1.95 bits per heavy atom. The van der Waals surface area contributed by atoms with Crippen molar-refractivity contribution in [2.24, 2.45) is 4.36 Å². The van der Waals surface area contributed by atoms with E-state index >= 15 is 0 Å². The summed E-state index contributed by atoms with van der Waals surface area (Å²) in [5.41, 5.74) is 1.03. The predicted molar refractivity (Wildman–Crippen MR) is 85.4 cm³/mol. The molecule has 0 saturated carbocycles. The van der Waals surface area contributed by atoms with Crippen molar-refractivity contribution >= 4 is 18.3 Å². The van der Waals surface area contributed by atoms with E-state index in [2.05, 4.69) is 9.68 Å². The van der Waals surface area contributed by atoms with E-state index in [4.69, 9.17) is 26.6 Å². The molecule has 6 nitrogen and oxygen atoms in total. The van der Waals surface area contributed by atoms with Crippen molar-refractivity contribution in [1.29, 1.82) is 0 Å². The zero-order valence-electron chi connectivity index (χ0n) is 12.7. The van der Waals surface area contributed by atoms with Crippen LogP contribution in [0.2, 0.25) is 0 Å². The van der Waals surface area contributed by atoms with E-state index in [-0.39, 0.29) is 12.7 Å². The smallest absolute Gasteiger partial charge is 0.246 e. The van der Waals surface area contributed by atoms with Gasteiger partial charge in [0.1, 0.15) is 12.8 Å². The van der Waals surface area contributed by atoms with E-state index in [9.17, 15) is 4.79 Å². The molecule has 1 amide bonds. The number of amides is 1. The maximum Gasteiger partial charge on any atom is 0.246 e. The van der Waals surface area contributed by atoms with Crippen LogP contribution in [0.15, 0.2) is 34.7 Å². The van der Waals surface area contributed by atoms with E-state index < -0.39 is 6.04 Å². The molecule has 0 saturated heterocycles. The molecule has 1 aromatic rings. The number of nitrogens with zero attached hydrogens (tertiary/aromatic N) is 1. The normalized spacial score (nSPS) is 11.9.